The molecule has 50 heavy (non-hydrogen) atoms. The average Bonchev–Trinajstić information content (AvgIpc) is 3.21. The molecule has 0 fully saturated rings. The van der Waals surface area contributed by atoms with E-state index in [-0.39, 0.29) is 0 Å². The van der Waals surface area contributed by atoms with Crippen LogP contribution in [-0.2, 0) is 5.41 Å². The van der Waals surface area contributed by atoms with Gasteiger partial charge in [-0.2, -0.15) is 0 Å². The zero-order chi connectivity index (χ0) is 33.3. The largest absolute Gasteiger partial charge is 0.310 e. The molecule has 8 aromatic rings. The first-order chi connectivity index (χ1) is 24.8. The number of benzene rings is 6. The Morgan fingerprint density at radius 3 is 1.50 bits per heavy atom. The van der Waals surface area contributed by atoms with Crippen LogP contribution in [0.15, 0.2) is 194 Å². The standard InChI is InChI=1S/C46H32N4/c1-4-16-34(17-5-1)45-48-41(32-42(49-45)40-24-14-15-31-47-40)33-27-29-37(30-28-33)50-43-25-12-10-22-38(43)46(35-18-6-2-7-19-35,36-20-8-3-9-21-36)39-23-11-13-26-44(39)50/h1-32H. The van der Waals surface area contributed by atoms with Crippen molar-refractivity contribution in [2.45, 2.75) is 5.41 Å². The molecule has 4 nitrogen and oxygen atoms in total. The van der Waals surface area contributed by atoms with Crippen molar-refractivity contribution in [3.8, 4) is 34.0 Å². The van der Waals surface area contributed by atoms with Gasteiger partial charge >= 0.3 is 0 Å². The van der Waals surface area contributed by atoms with Crippen LogP contribution in [-0.4, -0.2) is 15.0 Å². The van der Waals surface area contributed by atoms with Crippen LogP contribution in [0.5, 0.6) is 0 Å². The first-order valence-corrected chi connectivity index (χ1v) is 16.9. The summed E-state index contributed by atoms with van der Waals surface area (Å²) >= 11 is 0. The molecule has 1 aliphatic heterocycles. The van der Waals surface area contributed by atoms with Crippen molar-refractivity contribution < 1.29 is 0 Å². The summed E-state index contributed by atoms with van der Waals surface area (Å²) in [5.74, 6) is 0.671. The Morgan fingerprint density at radius 1 is 0.400 bits per heavy atom. The molecule has 4 heteroatoms. The van der Waals surface area contributed by atoms with Gasteiger partial charge in [0.1, 0.15) is 0 Å². The van der Waals surface area contributed by atoms with Gasteiger partial charge in [-0.05, 0) is 64.7 Å². The Morgan fingerprint density at radius 2 is 0.920 bits per heavy atom. The molecule has 0 unspecified atom stereocenters. The van der Waals surface area contributed by atoms with Gasteiger partial charge in [0, 0.05) is 23.0 Å². The number of hydrogen-bond donors (Lipinski definition) is 0. The van der Waals surface area contributed by atoms with E-state index in [0.29, 0.717) is 5.82 Å². The van der Waals surface area contributed by atoms with E-state index in [0.717, 1.165) is 45.3 Å². The van der Waals surface area contributed by atoms with Gasteiger partial charge in [0.05, 0.1) is 33.9 Å². The number of hydrogen-bond acceptors (Lipinski definition) is 4. The van der Waals surface area contributed by atoms with Crippen LogP contribution in [0.4, 0.5) is 17.1 Å². The van der Waals surface area contributed by atoms with Crippen molar-refractivity contribution in [3.63, 3.8) is 0 Å². The predicted octanol–water partition coefficient (Wildman–Crippen LogP) is 11.0. The van der Waals surface area contributed by atoms with E-state index in [4.69, 9.17) is 9.97 Å². The fraction of sp³-hybridized carbons (Fsp3) is 0.0217. The van der Waals surface area contributed by atoms with Crippen molar-refractivity contribution in [1.29, 1.82) is 0 Å². The second-order valence-electron chi connectivity index (χ2n) is 12.4. The molecule has 9 rings (SSSR count). The van der Waals surface area contributed by atoms with Crippen LogP contribution in [0.2, 0.25) is 0 Å². The molecule has 0 saturated carbocycles. The fourth-order valence-corrected chi connectivity index (χ4v) is 7.43. The highest BCUT2D eigenvalue weighted by atomic mass is 15.2. The van der Waals surface area contributed by atoms with Crippen molar-refractivity contribution in [2.75, 3.05) is 4.90 Å². The molecular weight excluding hydrogens is 609 g/mol. The second-order valence-corrected chi connectivity index (χ2v) is 12.4. The first kappa shape index (κ1) is 29.5. The lowest BCUT2D eigenvalue weighted by Gasteiger charge is -2.46. The van der Waals surface area contributed by atoms with Crippen LogP contribution >= 0.6 is 0 Å². The number of aromatic nitrogens is 3. The lowest BCUT2D eigenvalue weighted by atomic mass is 9.62. The smallest absolute Gasteiger partial charge is 0.160 e. The number of nitrogens with zero attached hydrogens (tertiary/aromatic N) is 4. The maximum absolute atomic E-state index is 5.05. The molecule has 0 atom stereocenters. The SMILES string of the molecule is c1ccc(-c2nc(-c3ccc(N4c5ccccc5C(c5ccccc5)(c5ccccc5)c5ccccc54)cc3)cc(-c3ccccn3)n2)cc1. The van der Waals surface area contributed by atoms with Crippen LogP contribution in [0.1, 0.15) is 22.3 Å². The summed E-state index contributed by atoms with van der Waals surface area (Å²) < 4.78 is 0. The van der Waals surface area contributed by atoms with Crippen LogP contribution in [0.3, 0.4) is 0 Å². The molecule has 0 aliphatic carbocycles. The number of anilines is 3. The van der Waals surface area contributed by atoms with Gasteiger partial charge in [-0.15, -0.1) is 0 Å². The molecule has 236 valence electrons. The van der Waals surface area contributed by atoms with Gasteiger partial charge in [-0.1, -0.05) is 146 Å². The molecular formula is C46H32N4. The number of fused-ring (bicyclic) bond motifs is 2. The van der Waals surface area contributed by atoms with Gasteiger partial charge in [0.2, 0.25) is 0 Å². The van der Waals surface area contributed by atoms with Crippen LogP contribution < -0.4 is 4.90 Å². The molecule has 3 heterocycles. The lowest BCUT2D eigenvalue weighted by molar-refractivity contribution is 0.731. The van der Waals surface area contributed by atoms with Crippen molar-refractivity contribution >= 4 is 17.1 Å². The topological polar surface area (TPSA) is 41.9 Å². The average molecular weight is 641 g/mol. The number of rotatable bonds is 6. The van der Waals surface area contributed by atoms with Crippen molar-refractivity contribution in [1.82, 2.24) is 15.0 Å². The quantitative estimate of drug-likeness (QED) is 0.181. The lowest BCUT2D eigenvalue weighted by Crippen LogP contribution is -2.37. The Kier molecular flexibility index (Phi) is 7.33. The van der Waals surface area contributed by atoms with Gasteiger partial charge in [0.15, 0.2) is 5.82 Å². The second kappa shape index (κ2) is 12.4. The minimum Gasteiger partial charge on any atom is -0.310 e. The molecule has 0 saturated heterocycles. The Hall–Kier alpha value is -6.65. The Labute approximate surface area is 292 Å². The fourth-order valence-electron chi connectivity index (χ4n) is 7.43. The summed E-state index contributed by atoms with van der Waals surface area (Å²) in [5, 5.41) is 0. The predicted molar refractivity (Wildman–Crippen MR) is 203 cm³/mol. The monoisotopic (exact) mass is 640 g/mol. The highest BCUT2D eigenvalue weighted by Gasteiger charge is 2.46. The molecule has 1 aliphatic rings. The highest BCUT2D eigenvalue weighted by molar-refractivity contribution is 5.89. The normalized spacial score (nSPS) is 12.9. The van der Waals surface area contributed by atoms with Gasteiger partial charge in [0.25, 0.3) is 0 Å². The third-order valence-corrected chi connectivity index (χ3v) is 9.62. The summed E-state index contributed by atoms with van der Waals surface area (Å²) in [7, 11) is 0. The molecule has 0 radical (unpaired) electrons. The summed E-state index contributed by atoms with van der Waals surface area (Å²) in [6.45, 7) is 0. The minimum absolute atomic E-state index is 0.497. The third kappa shape index (κ3) is 4.89. The van der Waals surface area contributed by atoms with Crippen LogP contribution in [0.25, 0.3) is 34.0 Å². The van der Waals surface area contributed by atoms with E-state index in [2.05, 4.69) is 143 Å². The van der Waals surface area contributed by atoms with E-state index < -0.39 is 5.41 Å². The maximum atomic E-state index is 5.05. The molecule has 0 amide bonds. The first-order valence-electron chi connectivity index (χ1n) is 16.9. The zero-order valence-corrected chi connectivity index (χ0v) is 27.3. The Balaban J connectivity index is 1.20. The molecule has 0 spiro atoms. The van der Waals surface area contributed by atoms with E-state index in [1.165, 1.54) is 22.3 Å². The summed E-state index contributed by atoms with van der Waals surface area (Å²) in [6.07, 6.45) is 1.80. The van der Waals surface area contributed by atoms with E-state index in [9.17, 15) is 0 Å². The van der Waals surface area contributed by atoms with E-state index in [1.54, 1.807) is 6.20 Å². The van der Waals surface area contributed by atoms with Gasteiger partial charge < -0.3 is 4.90 Å². The summed E-state index contributed by atoms with van der Waals surface area (Å²) in [4.78, 5) is 17.0. The van der Waals surface area contributed by atoms with Crippen molar-refractivity contribution in [3.05, 3.63) is 217 Å². The van der Waals surface area contributed by atoms with Crippen LogP contribution in [0, 0.1) is 0 Å². The molecule has 6 aromatic carbocycles. The number of pyridine rings is 1. The minimum atomic E-state index is -0.497. The van der Waals surface area contributed by atoms with Gasteiger partial charge in [-0.25, -0.2) is 9.97 Å². The molecule has 0 bridgehead atoms. The number of para-hydroxylation sites is 2. The van der Waals surface area contributed by atoms with Crippen molar-refractivity contribution in [2.24, 2.45) is 0 Å². The summed E-state index contributed by atoms with van der Waals surface area (Å²) in [6, 6.07) is 66.2. The zero-order valence-electron chi connectivity index (χ0n) is 27.3. The summed E-state index contributed by atoms with van der Waals surface area (Å²) in [5.41, 5.74) is 12.2. The highest BCUT2D eigenvalue weighted by Crippen LogP contribution is 2.57. The van der Waals surface area contributed by atoms with E-state index in [1.807, 2.05) is 54.6 Å². The Bertz CT molecular complexity index is 2260. The third-order valence-electron chi connectivity index (χ3n) is 9.62. The molecule has 0 N–H and O–H groups in total. The molecule has 2 aromatic heterocycles. The maximum Gasteiger partial charge on any atom is 0.160 e. The van der Waals surface area contributed by atoms with E-state index >= 15 is 0 Å². The van der Waals surface area contributed by atoms with Gasteiger partial charge in [-0.3, -0.25) is 4.98 Å².